The van der Waals surface area contributed by atoms with E-state index in [1.54, 1.807) is 17.5 Å². The number of hydrogen-bond donors (Lipinski definition) is 2. The summed E-state index contributed by atoms with van der Waals surface area (Å²) < 4.78 is 1.72. The van der Waals surface area contributed by atoms with E-state index in [9.17, 15) is 4.79 Å². The lowest BCUT2D eigenvalue weighted by Crippen LogP contribution is -2.26. The molecule has 2 amide bonds. The normalized spacial score (nSPS) is 12.4. The molecule has 0 aliphatic carbocycles. The van der Waals surface area contributed by atoms with Gasteiger partial charge in [-0.1, -0.05) is 42.5 Å². The molecule has 2 heterocycles. The van der Waals surface area contributed by atoms with Crippen LogP contribution in [-0.2, 0) is 5.41 Å². The molecule has 8 heteroatoms. The first-order chi connectivity index (χ1) is 13.9. The molecule has 0 spiro atoms. The van der Waals surface area contributed by atoms with Crippen LogP contribution in [0.5, 0.6) is 0 Å². The molecule has 4 rings (SSSR count). The van der Waals surface area contributed by atoms with E-state index in [0.717, 1.165) is 5.56 Å². The van der Waals surface area contributed by atoms with Gasteiger partial charge in [-0.05, 0) is 49.2 Å². The summed E-state index contributed by atoms with van der Waals surface area (Å²) in [6.07, 6.45) is 0. The van der Waals surface area contributed by atoms with Crippen LogP contribution in [0.1, 0.15) is 37.9 Å². The standard InChI is InChI=1S/C21H21N7O/c1-13(23-26-20(22)29)17-10-11-18-24-25-19(28(18)27-17)21(2,3)16-9-8-14-6-4-5-7-15(14)12-16/h4-12H,1-3H3,(H3,22,26,29)/b23-13+. The molecule has 0 fully saturated rings. The fourth-order valence-corrected chi connectivity index (χ4v) is 3.27. The Morgan fingerprint density at radius 1 is 1.07 bits per heavy atom. The molecule has 0 bridgehead atoms. The highest BCUT2D eigenvalue weighted by atomic mass is 16.2. The van der Waals surface area contributed by atoms with Gasteiger partial charge in [0.15, 0.2) is 11.5 Å². The maximum atomic E-state index is 10.9. The quantitative estimate of drug-likeness (QED) is 0.414. The molecule has 8 nitrogen and oxygen atoms in total. The number of carbonyl (C=O) groups is 1. The Balaban J connectivity index is 1.80. The Hall–Kier alpha value is -3.81. The van der Waals surface area contributed by atoms with Crippen molar-refractivity contribution in [2.45, 2.75) is 26.2 Å². The first-order valence-electron chi connectivity index (χ1n) is 9.18. The SMILES string of the molecule is C/C(=N\NC(N)=O)c1ccc2nnc(C(C)(C)c3ccc4ccccc4c3)n2n1. The highest BCUT2D eigenvalue weighted by Crippen LogP contribution is 2.32. The van der Waals surface area contributed by atoms with Crippen LogP contribution < -0.4 is 11.2 Å². The number of aromatic nitrogens is 4. The first-order valence-corrected chi connectivity index (χ1v) is 9.18. The Kier molecular flexibility index (Phi) is 4.46. The Morgan fingerprint density at radius 3 is 2.59 bits per heavy atom. The van der Waals surface area contributed by atoms with Crippen molar-refractivity contribution in [1.82, 2.24) is 25.2 Å². The monoisotopic (exact) mass is 387 g/mol. The third kappa shape index (κ3) is 3.40. The zero-order valence-electron chi connectivity index (χ0n) is 16.4. The van der Waals surface area contributed by atoms with Crippen molar-refractivity contribution in [2.75, 3.05) is 0 Å². The molecule has 0 radical (unpaired) electrons. The van der Waals surface area contributed by atoms with Crippen LogP contribution in [0, 0.1) is 0 Å². The van der Waals surface area contributed by atoms with E-state index in [4.69, 9.17) is 5.73 Å². The molecule has 0 saturated carbocycles. The number of nitrogens with two attached hydrogens (primary N) is 1. The average Bonchev–Trinajstić information content (AvgIpc) is 3.15. The van der Waals surface area contributed by atoms with E-state index in [2.05, 4.69) is 70.0 Å². The second-order valence-electron chi connectivity index (χ2n) is 7.37. The molecule has 0 aliphatic rings. The van der Waals surface area contributed by atoms with Crippen molar-refractivity contribution in [2.24, 2.45) is 10.8 Å². The minimum atomic E-state index is -0.729. The van der Waals surface area contributed by atoms with Crippen molar-refractivity contribution in [3.05, 3.63) is 71.7 Å². The number of rotatable bonds is 4. The van der Waals surface area contributed by atoms with Crippen LogP contribution in [-0.4, -0.2) is 31.6 Å². The molecule has 0 atom stereocenters. The molecule has 3 N–H and O–H groups in total. The highest BCUT2D eigenvalue weighted by Gasteiger charge is 2.30. The van der Waals surface area contributed by atoms with Crippen LogP contribution in [0.3, 0.4) is 0 Å². The summed E-state index contributed by atoms with van der Waals surface area (Å²) in [5.74, 6) is 0.709. The Bertz CT molecular complexity index is 1260. The molecule has 2 aromatic carbocycles. The van der Waals surface area contributed by atoms with Crippen LogP contribution in [0.2, 0.25) is 0 Å². The lowest BCUT2D eigenvalue weighted by atomic mass is 9.83. The number of hydrazone groups is 1. The molecule has 0 saturated heterocycles. The smallest absolute Gasteiger partial charge is 0.332 e. The van der Waals surface area contributed by atoms with E-state index < -0.39 is 11.4 Å². The fraction of sp³-hybridized carbons (Fsp3) is 0.190. The molecule has 0 unspecified atom stereocenters. The van der Waals surface area contributed by atoms with Crippen LogP contribution in [0.15, 0.2) is 59.7 Å². The van der Waals surface area contributed by atoms with Crippen LogP contribution >= 0.6 is 0 Å². The lowest BCUT2D eigenvalue weighted by molar-refractivity contribution is 0.249. The van der Waals surface area contributed by atoms with Gasteiger partial charge in [0.05, 0.1) is 11.1 Å². The maximum absolute atomic E-state index is 10.9. The van der Waals surface area contributed by atoms with Gasteiger partial charge in [-0.2, -0.15) is 14.7 Å². The molecular weight excluding hydrogens is 366 g/mol. The van der Waals surface area contributed by atoms with E-state index >= 15 is 0 Å². The predicted octanol–water partition coefficient (Wildman–Crippen LogP) is 3.00. The lowest BCUT2D eigenvalue weighted by Gasteiger charge is -2.23. The summed E-state index contributed by atoms with van der Waals surface area (Å²) in [5.41, 5.74) is 9.71. The molecule has 2 aromatic heterocycles. The van der Waals surface area contributed by atoms with E-state index in [0.29, 0.717) is 22.9 Å². The molecule has 4 aromatic rings. The van der Waals surface area contributed by atoms with Gasteiger partial charge < -0.3 is 5.73 Å². The predicted molar refractivity (Wildman–Crippen MR) is 112 cm³/mol. The van der Waals surface area contributed by atoms with Crippen molar-refractivity contribution < 1.29 is 4.79 Å². The summed E-state index contributed by atoms with van der Waals surface area (Å²) in [6, 6.07) is 17.5. The topological polar surface area (TPSA) is 111 Å². The number of benzene rings is 2. The van der Waals surface area contributed by atoms with E-state index in [1.807, 2.05) is 18.2 Å². The van der Waals surface area contributed by atoms with Gasteiger partial charge in [-0.15, -0.1) is 10.2 Å². The summed E-state index contributed by atoms with van der Waals surface area (Å²) in [6.45, 7) is 5.93. The minimum absolute atomic E-state index is 0.439. The summed E-state index contributed by atoms with van der Waals surface area (Å²) >= 11 is 0. The van der Waals surface area contributed by atoms with E-state index in [-0.39, 0.29) is 0 Å². The van der Waals surface area contributed by atoms with Gasteiger partial charge >= 0.3 is 6.03 Å². The third-order valence-electron chi connectivity index (χ3n) is 5.00. The first kappa shape index (κ1) is 18.5. The maximum Gasteiger partial charge on any atom is 0.332 e. The van der Waals surface area contributed by atoms with Gasteiger partial charge in [-0.25, -0.2) is 10.2 Å². The Labute approximate surface area is 167 Å². The fourth-order valence-electron chi connectivity index (χ4n) is 3.27. The molecular formula is C21H21N7O. The van der Waals surface area contributed by atoms with Gasteiger partial charge in [0.1, 0.15) is 5.69 Å². The number of amides is 2. The number of urea groups is 1. The summed E-state index contributed by atoms with van der Waals surface area (Å²) in [4.78, 5) is 10.9. The van der Waals surface area contributed by atoms with E-state index in [1.165, 1.54) is 10.8 Å². The molecule has 29 heavy (non-hydrogen) atoms. The minimum Gasteiger partial charge on any atom is -0.350 e. The second-order valence-corrected chi connectivity index (χ2v) is 7.37. The van der Waals surface area contributed by atoms with Gasteiger partial charge in [0, 0.05) is 0 Å². The number of nitrogens with one attached hydrogen (secondary N) is 1. The summed E-state index contributed by atoms with van der Waals surface area (Å²) in [7, 11) is 0. The third-order valence-corrected chi connectivity index (χ3v) is 5.00. The zero-order valence-corrected chi connectivity index (χ0v) is 16.4. The van der Waals surface area contributed by atoms with Crippen molar-refractivity contribution >= 4 is 28.2 Å². The van der Waals surface area contributed by atoms with Gasteiger partial charge in [0.2, 0.25) is 0 Å². The van der Waals surface area contributed by atoms with Gasteiger partial charge in [-0.3, -0.25) is 0 Å². The van der Waals surface area contributed by atoms with Crippen LogP contribution in [0.4, 0.5) is 4.79 Å². The largest absolute Gasteiger partial charge is 0.350 e. The van der Waals surface area contributed by atoms with Crippen molar-refractivity contribution in [3.8, 4) is 0 Å². The average molecular weight is 387 g/mol. The Morgan fingerprint density at radius 2 is 1.83 bits per heavy atom. The summed E-state index contributed by atoms with van der Waals surface area (Å²) in [5, 5.41) is 19.6. The van der Waals surface area contributed by atoms with Gasteiger partial charge in [0.25, 0.3) is 0 Å². The van der Waals surface area contributed by atoms with Crippen molar-refractivity contribution in [3.63, 3.8) is 0 Å². The number of hydrogen-bond acceptors (Lipinski definition) is 5. The van der Waals surface area contributed by atoms with Crippen molar-refractivity contribution in [1.29, 1.82) is 0 Å². The zero-order chi connectivity index (χ0) is 20.6. The highest BCUT2D eigenvalue weighted by molar-refractivity contribution is 5.97. The van der Waals surface area contributed by atoms with Crippen LogP contribution in [0.25, 0.3) is 16.4 Å². The second kappa shape index (κ2) is 6.97. The molecule has 0 aliphatic heterocycles. The number of carbonyl (C=O) groups excluding carboxylic acids is 1. The number of fused-ring (bicyclic) bond motifs is 2. The number of nitrogens with zero attached hydrogens (tertiary/aromatic N) is 5. The molecule has 146 valence electrons. The number of primary amides is 1.